The second-order valence-electron chi connectivity index (χ2n) is 22.0. The Labute approximate surface area is 471 Å². The van der Waals surface area contributed by atoms with Gasteiger partial charge in [0, 0.05) is 40.5 Å². The molecule has 3 heteroatoms. The molecule has 0 atom stereocenters. The van der Waals surface area contributed by atoms with Crippen LogP contribution in [0.15, 0.2) is 70.7 Å². The third-order valence-electron chi connectivity index (χ3n) is 14.8. The molecule has 420 valence electrons. The van der Waals surface area contributed by atoms with Crippen molar-refractivity contribution in [3.63, 3.8) is 0 Å². The van der Waals surface area contributed by atoms with Crippen LogP contribution in [-0.2, 0) is 16.5 Å². The second-order valence-corrected chi connectivity index (χ2v) is 22.0. The Morgan fingerprint density at radius 3 is 0.946 bits per heavy atom. The smallest absolute Gasteiger partial charge is 0.0848 e. The van der Waals surface area contributed by atoms with Crippen LogP contribution >= 0.6 is 0 Å². The average Bonchev–Trinajstić information content (AvgIpc) is 3.41. The van der Waals surface area contributed by atoms with Gasteiger partial charge in [0.05, 0.1) is 22.8 Å². The van der Waals surface area contributed by atoms with E-state index in [2.05, 4.69) is 112 Å². The first-order chi connectivity index (χ1) is 36.2. The summed E-state index contributed by atoms with van der Waals surface area (Å²) in [4.78, 5) is 10.6. The Morgan fingerprint density at radius 1 is 0.338 bits per heavy atom. The molecule has 0 aliphatic rings. The summed E-state index contributed by atoms with van der Waals surface area (Å²) in [5.74, 6) is 13.7. The molecule has 0 spiro atoms. The van der Waals surface area contributed by atoms with Gasteiger partial charge in [-0.2, -0.15) is 0 Å². The summed E-state index contributed by atoms with van der Waals surface area (Å²) in [5, 5.41) is 0. The molecule has 0 saturated carbocycles. The predicted molar refractivity (Wildman–Crippen MR) is 330 cm³/mol. The van der Waals surface area contributed by atoms with Crippen LogP contribution in [-0.4, -0.2) is 11.4 Å². The Morgan fingerprint density at radius 2 is 0.622 bits per heavy atom. The summed E-state index contributed by atoms with van der Waals surface area (Å²) in [7, 11) is 0. The van der Waals surface area contributed by atoms with Crippen LogP contribution in [0, 0.1) is 23.7 Å². The molecule has 0 radical (unpaired) electrons. The second kappa shape index (κ2) is 54.9. The van der Waals surface area contributed by atoms with Crippen molar-refractivity contribution < 1.29 is 16.5 Å². The molecular formula is C71H116N2Ni. The van der Waals surface area contributed by atoms with Crippen LogP contribution in [0.3, 0.4) is 0 Å². The normalized spacial score (nSPS) is 11.7. The van der Waals surface area contributed by atoms with Gasteiger partial charge in [-0.05, 0) is 93.1 Å². The fourth-order valence-electron chi connectivity index (χ4n) is 9.94. The molecule has 2 aromatic rings. The minimum Gasteiger partial charge on any atom is -0.251 e. The number of allylic oxidation sites excluding steroid dienone is 2. The van der Waals surface area contributed by atoms with E-state index in [0.717, 1.165) is 72.4 Å². The molecule has 0 aromatic heterocycles. The predicted octanol–water partition coefficient (Wildman–Crippen LogP) is 24.2. The van der Waals surface area contributed by atoms with Crippen molar-refractivity contribution in [3.05, 3.63) is 71.8 Å². The topological polar surface area (TPSA) is 24.7 Å². The first kappa shape index (κ1) is 69.1. The number of rotatable bonds is 49. The average molecular weight is 1060 g/mol. The Bertz CT molecular complexity index is 1730. The number of nitrogens with zero attached hydrogens (tertiary/aromatic N) is 2. The minimum absolute atomic E-state index is 0. The van der Waals surface area contributed by atoms with Gasteiger partial charge in [0.2, 0.25) is 0 Å². The molecule has 0 aliphatic heterocycles. The van der Waals surface area contributed by atoms with Crippen molar-refractivity contribution in [2.45, 2.75) is 329 Å². The molecule has 0 N–H and O–H groups in total. The SMILES string of the molecule is CCCCCCCCCCCCC#Cc1ccc(N=C(C=CCCCCCCCCCCCCCCCCCCCCCCC)C(CCCC)=Nc2ccc(C#CCCCCCCCCCCCC)cc2)cc1.[Ni]. The van der Waals surface area contributed by atoms with Gasteiger partial charge in [-0.25, -0.2) is 4.99 Å². The number of hydrogen-bond acceptors (Lipinski definition) is 2. The standard InChI is InChI=1S/C71H116N2.Ni/c1-5-9-13-16-19-22-25-28-29-30-31-32-33-34-35-36-37-38-41-44-47-50-53-57-71(73-69-64-60-67(61-65-69)55-52-49-46-43-40-27-24-21-18-15-11-7-3)70(56-12-8-4)72-68-62-58-66(59-63-68)54-51-48-45-42-39-26-23-20-17-14-10-6-2;/h53,57-65H,5-50,56H2,1-4H3;. The van der Waals surface area contributed by atoms with E-state index < -0.39 is 0 Å². The summed E-state index contributed by atoms with van der Waals surface area (Å²) in [6.45, 7) is 9.17. The van der Waals surface area contributed by atoms with Gasteiger partial charge in [0.25, 0.3) is 0 Å². The summed E-state index contributed by atoms with van der Waals surface area (Å²) >= 11 is 0. The van der Waals surface area contributed by atoms with Gasteiger partial charge >= 0.3 is 0 Å². The molecule has 0 bridgehead atoms. The van der Waals surface area contributed by atoms with E-state index in [0.29, 0.717) is 0 Å². The van der Waals surface area contributed by atoms with Crippen LogP contribution in [0.2, 0.25) is 0 Å². The Hall–Kier alpha value is -2.87. The zero-order valence-electron chi connectivity index (χ0n) is 49.2. The number of benzene rings is 2. The molecule has 0 amide bonds. The summed E-state index contributed by atoms with van der Waals surface area (Å²) < 4.78 is 0. The molecule has 74 heavy (non-hydrogen) atoms. The molecule has 0 heterocycles. The molecular weight excluding hydrogens is 939 g/mol. The number of aliphatic imine (C=N–C) groups is 2. The summed E-state index contributed by atoms with van der Waals surface area (Å²) in [6.07, 6.45) is 67.8. The van der Waals surface area contributed by atoms with E-state index in [4.69, 9.17) is 9.98 Å². The maximum Gasteiger partial charge on any atom is 0.0848 e. The zero-order valence-corrected chi connectivity index (χ0v) is 50.2. The van der Waals surface area contributed by atoms with Gasteiger partial charge in [-0.15, -0.1) is 0 Å². The minimum atomic E-state index is 0. The third-order valence-corrected chi connectivity index (χ3v) is 14.8. The van der Waals surface area contributed by atoms with E-state index >= 15 is 0 Å². The van der Waals surface area contributed by atoms with E-state index in [1.807, 2.05) is 0 Å². The van der Waals surface area contributed by atoms with Gasteiger partial charge in [-0.1, -0.05) is 308 Å². The fraction of sp³-hybridized carbons (Fsp3) is 0.718. The van der Waals surface area contributed by atoms with Crippen molar-refractivity contribution in [2.75, 3.05) is 0 Å². The molecule has 2 nitrogen and oxygen atoms in total. The van der Waals surface area contributed by atoms with Crippen LogP contribution in [0.4, 0.5) is 11.4 Å². The van der Waals surface area contributed by atoms with Crippen LogP contribution in [0.25, 0.3) is 0 Å². The van der Waals surface area contributed by atoms with E-state index in [-0.39, 0.29) is 16.5 Å². The third kappa shape index (κ3) is 43.3. The molecule has 0 saturated heterocycles. The zero-order chi connectivity index (χ0) is 52.0. The van der Waals surface area contributed by atoms with Gasteiger partial charge in [0.15, 0.2) is 0 Å². The van der Waals surface area contributed by atoms with E-state index in [9.17, 15) is 0 Å². The van der Waals surface area contributed by atoms with Crippen LogP contribution in [0.1, 0.15) is 341 Å². The van der Waals surface area contributed by atoms with E-state index in [1.165, 1.54) is 263 Å². The molecule has 0 aliphatic carbocycles. The van der Waals surface area contributed by atoms with Crippen molar-refractivity contribution >= 4 is 22.8 Å². The van der Waals surface area contributed by atoms with Gasteiger partial charge in [0.1, 0.15) is 0 Å². The molecule has 2 aromatic carbocycles. The summed E-state index contributed by atoms with van der Waals surface area (Å²) in [5.41, 5.74) is 6.14. The molecule has 2 rings (SSSR count). The van der Waals surface area contributed by atoms with Crippen molar-refractivity contribution in [3.8, 4) is 23.7 Å². The fourth-order valence-corrected chi connectivity index (χ4v) is 9.94. The quantitative estimate of drug-likeness (QED) is 0.0273. The maximum absolute atomic E-state index is 5.29. The number of hydrogen-bond donors (Lipinski definition) is 0. The van der Waals surface area contributed by atoms with Crippen molar-refractivity contribution in [1.82, 2.24) is 0 Å². The van der Waals surface area contributed by atoms with Gasteiger partial charge < -0.3 is 0 Å². The van der Waals surface area contributed by atoms with Crippen LogP contribution < -0.4 is 0 Å². The van der Waals surface area contributed by atoms with Crippen molar-refractivity contribution in [2.24, 2.45) is 9.98 Å². The Balaban J connectivity index is 0.0000274. The largest absolute Gasteiger partial charge is 0.251 e. The maximum atomic E-state index is 5.29. The summed E-state index contributed by atoms with van der Waals surface area (Å²) in [6, 6.07) is 17.1. The van der Waals surface area contributed by atoms with E-state index in [1.54, 1.807) is 0 Å². The molecule has 0 fully saturated rings. The van der Waals surface area contributed by atoms with Gasteiger partial charge in [-0.3, -0.25) is 4.99 Å². The first-order valence-corrected chi connectivity index (χ1v) is 32.2. The van der Waals surface area contributed by atoms with Crippen molar-refractivity contribution in [1.29, 1.82) is 0 Å². The Kier molecular flexibility index (Phi) is 51.3. The van der Waals surface area contributed by atoms with Crippen LogP contribution in [0.5, 0.6) is 0 Å². The monoisotopic (exact) mass is 1050 g/mol. The number of unbranched alkanes of at least 4 members (excludes halogenated alkanes) is 42. The molecule has 0 unspecified atom stereocenters. The first-order valence-electron chi connectivity index (χ1n) is 32.2.